The van der Waals surface area contributed by atoms with E-state index < -0.39 is 47.9 Å². The predicted molar refractivity (Wildman–Crippen MR) is 145 cm³/mol. The number of rotatable bonds is 10. The Labute approximate surface area is 228 Å². The number of phenols is 1. The van der Waals surface area contributed by atoms with Gasteiger partial charge >= 0.3 is 6.09 Å². The first-order valence-electron chi connectivity index (χ1n) is 13.0. The summed E-state index contributed by atoms with van der Waals surface area (Å²) in [6, 6.07) is 11.3. The van der Waals surface area contributed by atoms with Gasteiger partial charge in [0.2, 0.25) is 17.7 Å². The molecule has 0 saturated heterocycles. The Balaban J connectivity index is 2.00. The molecule has 2 aromatic carbocycles. The van der Waals surface area contributed by atoms with E-state index in [-0.39, 0.29) is 24.3 Å². The number of aryl methyl sites for hydroxylation is 1. The summed E-state index contributed by atoms with van der Waals surface area (Å²) in [7, 11) is 0. The van der Waals surface area contributed by atoms with Crippen LogP contribution in [0.2, 0.25) is 0 Å². The van der Waals surface area contributed by atoms with Crippen molar-refractivity contribution in [2.45, 2.75) is 77.7 Å². The molecule has 39 heavy (non-hydrogen) atoms. The van der Waals surface area contributed by atoms with E-state index in [9.17, 15) is 24.3 Å². The fourth-order valence-electron chi connectivity index (χ4n) is 4.37. The number of hydrogen-bond donors (Lipinski definition) is 4. The third-order valence-corrected chi connectivity index (χ3v) is 6.45. The van der Waals surface area contributed by atoms with Crippen LogP contribution in [0.15, 0.2) is 48.5 Å². The average Bonchev–Trinajstić information content (AvgIpc) is 3.56. The minimum absolute atomic E-state index is 0.0538. The molecule has 4 atom stereocenters. The van der Waals surface area contributed by atoms with Crippen LogP contribution in [0.5, 0.6) is 5.75 Å². The monoisotopic (exact) mass is 538 g/mol. The van der Waals surface area contributed by atoms with Crippen LogP contribution in [-0.2, 0) is 25.7 Å². The summed E-state index contributed by atoms with van der Waals surface area (Å²) in [6.45, 7) is 8.91. The van der Waals surface area contributed by atoms with Crippen molar-refractivity contribution in [3.05, 3.63) is 65.2 Å². The van der Waals surface area contributed by atoms with E-state index in [0.29, 0.717) is 17.5 Å². The molecule has 3 rings (SSSR count). The molecule has 5 N–H and O–H groups in total. The zero-order valence-electron chi connectivity index (χ0n) is 23.1. The Kier molecular flexibility index (Phi) is 9.21. The number of nitrogens with two attached hydrogens (primary N) is 1. The van der Waals surface area contributed by atoms with Crippen molar-refractivity contribution in [1.82, 2.24) is 15.5 Å². The minimum Gasteiger partial charge on any atom is -0.508 e. The number of hydrogen-bond acceptors (Lipinski definition) is 6. The van der Waals surface area contributed by atoms with Gasteiger partial charge in [0.25, 0.3) is 0 Å². The van der Waals surface area contributed by atoms with Crippen molar-refractivity contribution in [1.29, 1.82) is 0 Å². The molecule has 0 spiro atoms. The Bertz CT molecular complexity index is 1210. The van der Waals surface area contributed by atoms with Crippen LogP contribution >= 0.6 is 0 Å². The quantitative estimate of drug-likeness (QED) is 0.365. The van der Waals surface area contributed by atoms with E-state index in [1.54, 1.807) is 39.8 Å². The first-order chi connectivity index (χ1) is 18.3. The fourth-order valence-corrected chi connectivity index (χ4v) is 4.37. The van der Waals surface area contributed by atoms with Gasteiger partial charge in [-0.05, 0) is 68.9 Å². The smallest absolute Gasteiger partial charge is 0.408 e. The van der Waals surface area contributed by atoms with Gasteiger partial charge in [0, 0.05) is 12.6 Å². The molecule has 1 aliphatic carbocycles. The Morgan fingerprint density at radius 2 is 1.77 bits per heavy atom. The number of carbonyl (C=O) groups is 4. The number of aromatic hydroxyl groups is 1. The maximum Gasteiger partial charge on any atom is 0.408 e. The summed E-state index contributed by atoms with van der Waals surface area (Å²) in [5.41, 5.74) is 6.50. The minimum atomic E-state index is -1.34. The van der Waals surface area contributed by atoms with Crippen molar-refractivity contribution in [3.8, 4) is 5.75 Å². The van der Waals surface area contributed by atoms with Gasteiger partial charge in [-0.1, -0.05) is 43.3 Å². The third-order valence-electron chi connectivity index (χ3n) is 6.45. The average molecular weight is 539 g/mol. The molecule has 4 unspecified atom stereocenters. The molecule has 1 aliphatic rings. The van der Waals surface area contributed by atoms with E-state index in [2.05, 4.69) is 10.6 Å². The SMILES string of the molecule is Cc1cc(C(C(=O)NCc2ccccc2)N(C(=O)C(CC(N)=O)NC(=O)OC(C)(C)C)C2CC2C)ccc1O. The largest absolute Gasteiger partial charge is 0.508 e. The maximum atomic E-state index is 14.1. The van der Waals surface area contributed by atoms with E-state index in [1.165, 1.54) is 11.0 Å². The predicted octanol–water partition coefficient (Wildman–Crippen LogP) is 3.06. The summed E-state index contributed by atoms with van der Waals surface area (Å²) in [6.07, 6.45) is -0.708. The van der Waals surface area contributed by atoms with Crippen molar-refractivity contribution in [2.75, 3.05) is 0 Å². The fraction of sp³-hybridized carbons (Fsp3) is 0.448. The number of ether oxygens (including phenoxy) is 1. The Morgan fingerprint density at radius 1 is 1.13 bits per heavy atom. The van der Waals surface area contributed by atoms with E-state index in [4.69, 9.17) is 10.5 Å². The second kappa shape index (κ2) is 12.2. The lowest BCUT2D eigenvalue weighted by atomic mass is 9.99. The van der Waals surface area contributed by atoms with Gasteiger partial charge in [-0.2, -0.15) is 0 Å². The number of primary amides is 1. The van der Waals surface area contributed by atoms with Gasteiger partial charge in [-0.15, -0.1) is 0 Å². The van der Waals surface area contributed by atoms with Gasteiger partial charge in [-0.3, -0.25) is 14.4 Å². The highest BCUT2D eigenvalue weighted by molar-refractivity contribution is 5.95. The van der Waals surface area contributed by atoms with Gasteiger partial charge < -0.3 is 31.1 Å². The topological polar surface area (TPSA) is 151 Å². The summed E-state index contributed by atoms with van der Waals surface area (Å²) >= 11 is 0. The molecule has 10 heteroatoms. The number of alkyl carbamates (subject to hydrolysis) is 1. The highest BCUT2D eigenvalue weighted by Crippen LogP contribution is 2.41. The summed E-state index contributed by atoms with van der Waals surface area (Å²) in [4.78, 5) is 53.8. The Hall–Kier alpha value is -4.08. The van der Waals surface area contributed by atoms with Crippen LogP contribution in [0.1, 0.15) is 63.3 Å². The van der Waals surface area contributed by atoms with Crippen LogP contribution in [0.3, 0.4) is 0 Å². The molecule has 4 amide bonds. The lowest BCUT2D eigenvalue weighted by Gasteiger charge is -2.35. The second-order valence-electron chi connectivity index (χ2n) is 11.0. The number of amides is 4. The zero-order chi connectivity index (χ0) is 28.9. The van der Waals surface area contributed by atoms with Crippen LogP contribution < -0.4 is 16.4 Å². The third kappa shape index (κ3) is 8.20. The molecule has 1 saturated carbocycles. The highest BCUT2D eigenvalue weighted by Gasteiger charge is 2.48. The van der Waals surface area contributed by atoms with Crippen molar-refractivity contribution in [3.63, 3.8) is 0 Å². The van der Waals surface area contributed by atoms with Gasteiger partial charge in [0.15, 0.2) is 0 Å². The second-order valence-corrected chi connectivity index (χ2v) is 11.0. The summed E-state index contributed by atoms with van der Waals surface area (Å²) in [5.74, 6) is -1.71. The molecular weight excluding hydrogens is 500 g/mol. The molecule has 210 valence electrons. The number of carbonyl (C=O) groups excluding carboxylic acids is 4. The van der Waals surface area contributed by atoms with Crippen molar-refractivity contribution in [2.24, 2.45) is 11.7 Å². The zero-order valence-corrected chi connectivity index (χ0v) is 23.1. The van der Waals surface area contributed by atoms with Gasteiger partial charge in [0.1, 0.15) is 23.4 Å². The molecule has 10 nitrogen and oxygen atoms in total. The standard InChI is InChI=1S/C29H38N4O6/c1-17-14-22(17)33(27(37)21(15-24(30)35)32-28(38)39-29(3,4)5)25(20-11-12-23(34)18(2)13-20)26(36)31-16-19-9-7-6-8-10-19/h6-13,17,21-22,25,34H,14-16H2,1-5H3,(H2,30,35)(H,31,36)(H,32,38). The molecule has 1 fully saturated rings. The molecule has 2 aromatic rings. The van der Waals surface area contributed by atoms with Crippen molar-refractivity contribution >= 4 is 23.8 Å². The lowest BCUT2D eigenvalue weighted by molar-refractivity contribution is -0.144. The molecule has 0 aromatic heterocycles. The van der Waals surface area contributed by atoms with Crippen molar-refractivity contribution < 1.29 is 29.0 Å². The lowest BCUT2D eigenvalue weighted by Crippen LogP contribution is -2.55. The van der Waals surface area contributed by atoms with Gasteiger partial charge in [-0.25, -0.2) is 4.79 Å². The number of nitrogens with one attached hydrogen (secondary N) is 2. The van der Waals surface area contributed by atoms with Crippen LogP contribution in [0, 0.1) is 12.8 Å². The molecule has 0 heterocycles. The van der Waals surface area contributed by atoms with Gasteiger partial charge in [0.05, 0.1) is 6.42 Å². The molecule has 0 bridgehead atoms. The van der Waals surface area contributed by atoms with E-state index in [0.717, 1.165) is 5.56 Å². The first kappa shape index (κ1) is 29.5. The molecule has 0 aliphatic heterocycles. The van der Waals surface area contributed by atoms with E-state index >= 15 is 0 Å². The van der Waals surface area contributed by atoms with Crippen LogP contribution in [-0.4, -0.2) is 51.5 Å². The first-order valence-corrected chi connectivity index (χ1v) is 13.0. The van der Waals surface area contributed by atoms with Crippen LogP contribution in [0.25, 0.3) is 0 Å². The summed E-state index contributed by atoms with van der Waals surface area (Å²) < 4.78 is 5.31. The number of benzene rings is 2. The molecular formula is C29H38N4O6. The number of phenolic OH excluding ortho intramolecular Hbond substituents is 1. The normalized spacial score (nSPS) is 17.9. The Morgan fingerprint density at radius 3 is 2.31 bits per heavy atom. The highest BCUT2D eigenvalue weighted by atomic mass is 16.6. The molecule has 0 radical (unpaired) electrons. The number of nitrogens with zero attached hydrogens (tertiary/aromatic N) is 1. The van der Waals surface area contributed by atoms with E-state index in [1.807, 2.05) is 37.3 Å². The van der Waals surface area contributed by atoms with Crippen LogP contribution in [0.4, 0.5) is 4.79 Å². The maximum absolute atomic E-state index is 14.1. The summed E-state index contributed by atoms with van der Waals surface area (Å²) in [5, 5.41) is 15.5.